The number of nitrogens with one attached hydrogen (secondary N) is 1. The number of alkyl halides is 1. The van der Waals surface area contributed by atoms with Gasteiger partial charge < -0.3 is 14.8 Å². The molecule has 32 heavy (non-hydrogen) atoms. The average molecular weight is 432 g/mol. The highest BCUT2D eigenvalue weighted by Crippen LogP contribution is 2.34. The van der Waals surface area contributed by atoms with E-state index in [1.807, 2.05) is 6.08 Å². The van der Waals surface area contributed by atoms with Crippen LogP contribution in [-0.2, 0) is 4.79 Å². The number of pyridine rings is 1. The van der Waals surface area contributed by atoms with Crippen LogP contribution in [0.15, 0.2) is 48.7 Å². The van der Waals surface area contributed by atoms with Crippen LogP contribution < -0.4 is 4.74 Å². The fraction of sp³-hybridized carbons (Fsp3) is 0.250. The summed E-state index contributed by atoms with van der Waals surface area (Å²) in [5, 5.41) is 18.2. The van der Waals surface area contributed by atoms with Crippen LogP contribution in [0.5, 0.6) is 5.88 Å². The van der Waals surface area contributed by atoms with Crippen molar-refractivity contribution in [2.45, 2.75) is 26.4 Å². The summed E-state index contributed by atoms with van der Waals surface area (Å²) in [5.41, 5.74) is 2.84. The van der Waals surface area contributed by atoms with Crippen molar-refractivity contribution in [3.8, 4) is 11.9 Å². The number of carbonyl (C=O) groups is 1. The summed E-state index contributed by atoms with van der Waals surface area (Å²) >= 11 is 0. The molecule has 1 aliphatic carbocycles. The number of carboxylic acids is 1. The zero-order chi connectivity index (χ0) is 22.9. The minimum Gasteiger partial charge on any atom is -0.481 e. The molecule has 1 aliphatic rings. The molecule has 0 amide bonds. The number of ether oxygens (including phenoxy) is 1. The highest BCUT2D eigenvalue weighted by molar-refractivity contribution is 5.84. The van der Waals surface area contributed by atoms with Gasteiger partial charge in [-0.05, 0) is 49.2 Å². The largest absolute Gasteiger partial charge is 0.481 e. The maximum atomic E-state index is 15.0. The first kappa shape index (κ1) is 21.2. The summed E-state index contributed by atoms with van der Waals surface area (Å²) in [6.45, 7) is 3.14. The number of hydrogen-bond acceptors (Lipinski definition) is 5. The van der Waals surface area contributed by atoms with Crippen LogP contribution in [0.3, 0.4) is 0 Å². The molecule has 0 fully saturated rings. The minimum absolute atomic E-state index is 0.0105. The second kappa shape index (κ2) is 8.27. The Morgan fingerprint density at radius 1 is 1.34 bits per heavy atom. The van der Waals surface area contributed by atoms with E-state index >= 15 is 4.39 Å². The van der Waals surface area contributed by atoms with Crippen molar-refractivity contribution >= 4 is 28.1 Å². The lowest BCUT2D eigenvalue weighted by atomic mass is 9.92. The summed E-state index contributed by atoms with van der Waals surface area (Å²) in [6.07, 6.45) is 4.04. The smallest absolute Gasteiger partial charge is 0.312 e. The predicted molar refractivity (Wildman–Crippen MR) is 117 cm³/mol. The van der Waals surface area contributed by atoms with Gasteiger partial charge in [0.1, 0.15) is 18.6 Å². The first-order valence-electron chi connectivity index (χ1n) is 10.0. The van der Waals surface area contributed by atoms with Crippen LogP contribution in [0.2, 0.25) is 0 Å². The van der Waals surface area contributed by atoms with E-state index in [9.17, 15) is 4.79 Å². The van der Waals surface area contributed by atoms with Crippen LogP contribution in [0.4, 0.5) is 4.39 Å². The summed E-state index contributed by atoms with van der Waals surface area (Å²) in [4.78, 5) is 22.9. The Morgan fingerprint density at radius 2 is 2.16 bits per heavy atom. The summed E-state index contributed by atoms with van der Waals surface area (Å²) in [5.74, 6) is -0.194. The number of benzene rings is 1. The summed E-state index contributed by atoms with van der Waals surface area (Å²) in [7, 11) is 0. The number of allylic oxidation sites excluding steroid dienone is 4. The molecule has 2 aromatic heterocycles. The van der Waals surface area contributed by atoms with Gasteiger partial charge in [0, 0.05) is 24.3 Å². The molecular formula is C24H21FN4O3. The number of nitrogens with zero attached hydrogens (tertiary/aromatic N) is 3. The molecule has 1 unspecified atom stereocenters. The van der Waals surface area contributed by atoms with Crippen molar-refractivity contribution in [2.24, 2.45) is 5.41 Å². The first-order chi connectivity index (χ1) is 15.3. The lowest BCUT2D eigenvalue weighted by molar-refractivity contribution is -0.148. The molecule has 8 heteroatoms. The SMILES string of the molecule is CC(C)(COc1ccc(C2=CC=C(c3nc4ccc(C#N)cc4[nH]3)C(F)C2)cn1)C(=O)O. The van der Waals surface area contributed by atoms with E-state index in [0.29, 0.717) is 33.9 Å². The van der Waals surface area contributed by atoms with Gasteiger partial charge in [-0.1, -0.05) is 12.2 Å². The standard InChI is InChI=1S/C24H21FN4O3/c1-24(2,23(30)31)13-32-21-8-5-16(12-27-21)15-4-6-17(18(25)10-15)22-28-19-7-3-14(11-26)9-20(19)29-22/h3-9,12,18H,10,13H2,1-2H3,(H,28,29)(H,30,31). The van der Waals surface area contributed by atoms with Gasteiger partial charge in [-0.3, -0.25) is 4.79 Å². The molecule has 2 heterocycles. The molecular weight excluding hydrogens is 411 g/mol. The Morgan fingerprint density at radius 3 is 2.81 bits per heavy atom. The number of rotatable bonds is 6. The number of hydrogen-bond donors (Lipinski definition) is 2. The monoisotopic (exact) mass is 432 g/mol. The fourth-order valence-electron chi connectivity index (χ4n) is 3.29. The van der Waals surface area contributed by atoms with Crippen LogP contribution in [0, 0.1) is 16.7 Å². The zero-order valence-corrected chi connectivity index (χ0v) is 17.6. The van der Waals surface area contributed by atoms with Gasteiger partial charge in [0.25, 0.3) is 0 Å². The molecule has 0 spiro atoms. The zero-order valence-electron chi connectivity index (χ0n) is 17.6. The van der Waals surface area contributed by atoms with E-state index < -0.39 is 17.6 Å². The Bertz CT molecular complexity index is 1280. The maximum Gasteiger partial charge on any atom is 0.312 e. The van der Waals surface area contributed by atoms with Crippen molar-refractivity contribution in [3.05, 3.63) is 65.6 Å². The minimum atomic E-state index is -1.25. The average Bonchev–Trinajstić information content (AvgIpc) is 3.20. The number of halogens is 1. The van der Waals surface area contributed by atoms with E-state index in [2.05, 4.69) is 21.0 Å². The molecule has 162 valence electrons. The van der Waals surface area contributed by atoms with E-state index in [1.54, 1.807) is 56.5 Å². The lowest BCUT2D eigenvalue weighted by Gasteiger charge is -2.20. The van der Waals surface area contributed by atoms with Crippen LogP contribution in [0.25, 0.3) is 22.2 Å². The Labute approximate surface area is 183 Å². The third kappa shape index (κ3) is 4.23. The number of carboxylic acid groups (broad SMARTS) is 1. The number of aromatic nitrogens is 3. The van der Waals surface area contributed by atoms with E-state index in [-0.39, 0.29) is 13.0 Å². The number of imidazole rings is 1. The first-order valence-corrected chi connectivity index (χ1v) is 10.0. The van der Waals surface area contributed by atoms with Gasteiger partial charge in [-0.15, -0.1) is 0 Å². The quantitative estimate of drug-likeness (QED) is 0.592. The van der Waals surface area contributed by atoms with E-state index in [0.717, 1.165) is 11.1 Å². The highest BCUT2D eigenvalue weighted by atomic mass is 19.1. The summed E-state index contributed by atoms with van der Waals surface area (Å²) in [6, 6.07) is 10.6. The number of aromatic amines is 1. The van der Waals surface area contributed by atoms with E-state index in [4.69, 9.17) is 15.1 Å². The molecule has 0 bridgehead atoms. The molecule has 2 N–H and O–H groups in total. The molecule has 0 aliphatic heterocycles. The topological polar surface area (TPSA) is 112 Å². The molecule has 0 radical (unpaired) electrons. The van der Waals surface area contributed by atoms with Crippen LogP contribution >= 0.6 is 0 Å². The molecule has 4 rings (SSSR count). The number of aliphatic carboxylic acids is 1. The molecule has 1 atom stereocenters. The van der Waals surface area contributed by atoms with Gasteiger partial charge >= 0.3 is 5.97 Å². The fourth-order valence-corrected chi connectivity index (χ4v) is 3.29. The van der Waals surface area contributed by atoms with Gasteiger partial charge in [0.2, 0.25) is 5.88 Å². The predicted octanol–water partition coefficient (Wildman–Crippen LogP) is 4.53. The molecule has 7 nitrogen and oxygen atoms in total. The Kier molecular flexibility index (Phi) is 5.49. The number of fused-ring (bicyclic) bond motifs is 1. The van der Waals surface area contributed by atoms with Crippen molar-refractivity contribution in [1.82, 2.24) is 15.0 Å². The second-order valence-electron chi connectivity index (χ2n) is 8.28. The van der Waals surface area contributed by atoms with Crippen LogP contribution in [0.1, 0.15) is 37.2 Å². The molecule has 1 aromatic carbocycles. The number of H-pyrrole nitrogens is 1. The number of nitriles is 1. The Balaban J connectivity index is 1.52. The van der Waals surface area contributed by atoms with Crippen LogP contribution in [-0.4, -0.2) is 38.8 Å². The third-order valence-electron chi connectivity index (χ3n) is 5.35. The molecule has 3 aromatic rings. The Hall–Kier alpha value is -3.99. The van der Waals surface area contributed by atoms with Crippen molar-refractivity contribution in [3.63, 3.8) is 0 Å². The van der Waals surface area contributed by atoms with Gasteiger partial charge in [-0.2, -0.15) is 5.26 Å². The highest BCUT2D eigenvalue weighted by Gasteiger charge is 2.28. The lowest BCUT2D eigenvalue weighted by Crippen LogP contribution is -2.30. The van der Waals surface area contributed by atoms with Gasteiger partial charge in [-0.25, -0.2) is 14.4 Å². The third-order valence-corrected chi connectivity index (χ3v) is 5.35. The van der Waals surface area contributed by atoms with Crippen molar-refractivity contribution in [2.75, 3.05) is 6.61 Å². The summed E-state index contributed by atoms with van der Waals surface area (Å²) < 4.78 is 20.5. The van der Waals surface area contributed by atoms with Gasteiger partial charge in [0.15, 0.2) is 0 Å². The van der Waals surface area contributed by atoms with Crippen molar-refractivity contribution in [1.29, 1.82) is 5.26 Å². The molecule has 0 saturated heterocycles. The van der Waals surface area contributed by atoms with E-state index in [1.165, 1.54) is 0 Å². The van der Waals surface area contributed by atoms with Crippen molar-refractivity contribution < 1.29 is 19.0 Å². The molecule has 0 saturated carbocycles. The second-order valence-corrected chi connectivity index (χ2v) is 8.28. The normalized spacial score (nSPS) is 16.2. The maximum absolute atomic E-state index is 15.0. The van der Waals surface area contributed by atoms with Gasteiger partial charge in [0.05, 0.1) is 28.1 Å².